The van der Waals surface area contributed by atoms with Gasteiger partial charge >= 0.3 is 5.69 Å². The second-order valence-corrected chi connectivity index (χ2v) is 7.84. The Hall–Kier alpha value is -2.93. The average molecular weight is 412 g/mol. The fraction of sp³-hybridized carbons (Fsp3) is 0.435. The smallest absolute Gasteiger partial charge is 0.311 e. The van der Waals surface area contributed by atoms with E-state index in [4.69, 9.17) is 4.74 Å². The number of ether oxygens (including phenoxy) is 1. The molecule has 1 amide bonds. The highest BCUT2D eigenvalue weighted by Crippen LogP contribution is 2.28. The van der Waals surface area contributed by atoms with Crippen LogP contribution in [-0.4, -0.2) is 53.4 Å². The van der Waals surface area contributed by atoms with Gasteiger partial charge in [-0.2, -0.15) is 0 Å². The molecule has 1 fully saturated rings. The lowest BCUT2D eigenvalue weighted by Crippen LogP contribution is -2.48. The normalized spacial score (nSPS) is 14.7. The molecule has 2 aromatic rings. The second-order valence-electron chi connectivity index (χ2n) is 7.84. The molecule has 0 atom stereocenters. The van der Waals surface area contributed by atoms with E-state index < -0.39 is 4.92 Å². The van der Waals surface area contributed by atoms with Crippen molar-refractivity contribution < 1.29 is 14.5 Å². The van der Waals surface area contributed by atoms with Gasteiger partial charge in [-0.15, -0.1) is 0 Å². The molecule has 1 heterocycles. The molecule has 0 spiro atoms. The molecule has 160 valence electrons. The largest absolute Gasteiger partial charge is 0.487 e. The Labute approximate surface area is 177 Å². The van der Waals surface area contributed by atoms with Gasteiger partial charge < -0.3 is 9.64 Å². The monoisotopic (exact) mass is 411 g/mol. The SMILES string of the molecule is CCOc1ccc(C(=O)N2CCN(Cc3ccc(C(C)C)cc3)CC2)cc1[N+](=O)[O-]. The summed E-state index contributed by atoms with van der Waals surface area (Å²) < 4.78 is 5.30. The molecule has 0 saturated carbocycles. The van der Waals surface area contributed by atoms with Gasteiger partial charge in [-0.05, 0) is 36.1 Å². The van der Waals surface area contributed by atoms with E-state index in [0.717, 1.165) is 19.6 Å². The van der Waals surface area contributed by atoms with E-state index in [1.54, 1.807) is 17.9 Å². The molecule has 2 aromatic carbocycles. The number of nitro groups is 1. The Balaban J connectivity index is 1.60. The molecule has 3 rings (SSSR count). The summed E-state index contributed by atoms with van der Waals surface area (Å²) in [6, 6.07) is 13.1. The first-order valence-electron chi connectivity index (χ1n) is 10.4. The summed E-state index contributed by atoms with van der Waals surface area (Å²) in [5, 5.41) is 11.3. The minimum atomic E-state index is -0.510. The molecule has 1 saturated heterocycles. The van der Waals surface area contributed by atoms with Crippen molar-refractivity contribution in [3.05, 3.63) is 69.3 Å². The Kier molecular flexibility index (Phi) is 7.05. The topological polar surface area (TPSA) is 75.9 Å². The number of rotatable bonds is 7. The second kappa shape index (κ2) is 9.71. The molecule has 0 radical (unpaired) electrons. The molecule has 0 aromatic heterocycles. The molecule has 1 aliphatic heterocycles. The van der Waals surface area contributed by atoms with Crippen LogP contribution < -0.4 is 4.74 Å². The zero-order valence-electron chi connectivity index (χ0n) is 17.8. The lowest BCUT2D eigenvalue weighted by atomic mass is 10.0. The maximum Gasteiger partial charge on any atom is 0.311 e. The van der Waals surface area contributed by atoms with Crippen LogP contribution in [0.15, 0.2) is 42.5 Å². The van der Waals surface area contributed by atoms with Crippen LogP contribution in [0, 0.1) is 10.1 Å². The molecule has 7 nitrogen and oxygen atoms in total. The van der Waals surface area contributed by atoms with E-state index in [1.165, 1.54) is 23.3 Å². The number of piperazine rings is 1. The number of nitro benzene ring substituents is 1. The summed E-state index contributed by atoms with van der Waals surface area (Å²) in [6.45, 7) is 10.1. The molecule has 0 aliphatic carbocycles. The zero-order valence-corrected chi connectivity index (χ0v) is 17.8. The number of amides is 1. The van der Waals surface area contributed by atoms with Gasteiger partial charge in [0.05, 0.1) is 11.5 Å². The van der Waals surface area contributed by atoms with E-state index >= 15 is 0 Å². The molecule has 0 bridgehead atoms. The highest BCUT2D eigenvalue weighted by atomic mass is 16.6. The van der Waals surface area contributed by atoms with Crippen molar-refractivity contribution in [2.75, 3.05) is 32.8 Å². The number of hydrogen-bond acceptors (Lipinski definition) is 5. The first kappa shape index (κ1) is 21.8. The quantitative estimate of drug-likeness (QED) is 0.507. The lowest BCUT2D eigenvalue weighted by molar-refractivity contribution is -0.385. The number of nitrogens with zero attached hydrogens (tertiary/aromatic N) is 3. The van der Waals surface area contributed by atoms with E-state index in [0.29, 0.717) is 31.2 Å². The summed E-state index contributed by atoms with van der Waals surface area (Å²) in [4.78, 5) is 27.8. The minimum absolute atomic E-state index is 0.175. The van der Waals surface area contributed by atoms with Crippen molar-refractivity contribution in [1.29, 1.82) is 0 Å². The first-order chi connectivity index (χ1) is 14.4. The van der Waals surface area contributed by atoms with Crippen molar-refractivity contribution in [1.82, 2.24) is 9.80 Å². The fourth-order valence-corrected chi connectivity index (χ4v) is 3.63. The number of carbonyl (C=O) groups is 1. The van der Waals surface area contributed by atoms with E-state index in [1.807, 2.05) is 0 Å². The van der Waals surface area contributed by atoms with Gasteiger partial charge in [0, 0.05) is 44.4 Å². The van der Waals surface area contributed by atoms with Gasteiger partial charge in [-0.3, -0.25) is 19.8 Å². The Morgan fingerprint density at radius 2 is 1.77 bits per heavy atom. The van der Waals surface area contributed by atoms with Crippen LogP contribution in [0.25, 0.3) is 0 Å². The van der Waals surface area contributed by atoms with Crippen LogP contribution in [0.5, 0.6) is 5.75 Å². The zero-order chi connectivity index (χ0) is 21.7. The highest BCUT2D eigenvalue weighted by molar-refractivity contribution is 5.95. The van der Waals surface area contributed by atoms with E-state index in [9.17, 15) is 14.9 Å². The van der Waals surface area contributed by atoms with Crippen molar-refractivity contribution >= 4 is 11.6 Å². The van der Waals surface area contributed by atoms with Crippen molar-refractivity contribution in [3.63, 3.8) is 0 Å². The van der Waals surface area contributed by atoms with Gasteiger partial charge in [0.2, 0.25) is 0 Å². The molecule has 0 unspecified atom stereocenters. The van der Waals surface area contributed by atoms with Gasteiger partial charge in [0.25, 0.3) is 5.91 Å². The van der Waals surface area contributed by atoms with Crippen molar-refractivity contribution in [2.45, 2.75) is 33.2 Å². The van der Waals surface area contributed by atoms with Crippen LogP contribution in [0.2, 0.25) is 0 Å². The van der Waals surface area contributed by atoms with Gasteiger partial charge in [0.15, 0.2) is 5.75 Å². The summed E-state index contributed by atoms with van der Waals surface area (Å²) in [7, 11) is 0. The Morgan fingerprint density at radius 3 is 2.33 bits per heavy atom. The number of hydrogen-bond donors (Lipinski definition) is 0. The Morgan fingerprint density at radius 1 is 1.10 bits per heavy atom. The molecule has 30 heavy (non-hydrogen) atoms. The fourth-order valence-electron chi connectivity index (χ4n) is 3.63. The van der Waals surface area contributed by atoms with E-state index in [-0.39, 0.29) is 17.3 Å². The third kappa shape index (κ3) is 5.16. The molecular weight excluding hydrogens is 382 g/mol. The van der Waals surface area contributed by atoms with Gasteiger partial charge in [0.1, 0.15) is 0 Å². The van der Waals surface area contributed by atoms with Gasteiger partial charge in [-0.25, -0.2) is 0 Å². The third-order valence-corrected chi connectivity index (χ3v) is 5.41. The summed E-state index contributed by atoms with van der Waals surface area (Å²) in [5.74, 6) is 0.529. The maximum atomic E-state index is 12.9. The van der Waals surface area contributed by atoms with Crippen molar-refractivity contribution in [3.8, 4) is 5.75 Å². The van der Waals surface area contributed by atoms with Crippen LogP contribution in [0.1, 0.15) is 48.2 Å². The lowest BCUT2D eigenvalue weighted by Gasteiger charge is -2.34. The molecule has 0 N–H and O–H groups in total. The number of carbonyl (C=O) groups excluding carboxylic acids is 1. The third-order valence-electron chi connectivity index (χ3n) is 5.41. The van der Waals surface area contributed by atoms with Crippen LogP contribution >= 0.6 is 0 Å². The predicted octanol–water partition coefficient (Wildman–Crippen LogP) is 4.07. The maximum absolute atomic E-state index is 12.9. The summed E-state index contributed by atoms with van der Waals surface area (Å²) >= 11 is 0. The summed E-state index contributed by atoms with van der Waals surface area (Å²) in [6.07, 6.45) is 0. The van der Waals surface area contributed by atoms with Crippen LogP contribution in [0.4, 0.5) is 5.69 Å². The highest BCUT2D eigenvalue weighted by Gasteiger charge is 2.25. The average Bonchev–Trinajstić information content (AvgIpc) is 2.74. The van der Waals surface area contributed by atoms with Crippen LogP contribution in [-0.2, 0) is 6.54 Å². The first-order valence-corrected chi connectivity index (χ1v) is 10.4. The molecule has 7 heteroatoms. The standard InChI is InChI=1S/C23H29N3O4/c1-4-30-22-10-9-20(15-21(22)26(28)29)23(27)25-13-11-24(12-14-25)16-18-5-7-19(8-6-18)17(2)3/h5-10,15,17H,4,11-14,16H2,1-3H3. The van der Waals surface area contributed by atoms with Crippen molar-refractivity contribution in [2.24, 2.45) is 0 Å². The number of benzene rings is 2. The minimum Gasteiger partial charge on any atom is -0.487 e. The van der Waals surface area contributed by atoms with Gasteiger partial charge in [-0.1, -0.05) is 38.1 Å². The molecule has 1 aliphatic rings. The Bertz CT molecular complexity index is 888. The van der Waals surface area contributed by atoms with E-state index in [2.05, 4.69) is 43.0 Å². The molecular formula is C23H29N3O4. The predicted molar refractivity (Wildman–Crippen MR) is 116 cm³/mol. The van der Waals surface area contributed by atoms with Crippen LogP contribution in [0.3, 0.4) is 0 Å². The summed E-state index contributed by atoms with van der Waals surface area (Å²) in [5.41, 5.74) is 2.74.